The molecule has 108 valence electrons. The van der Waals surface area contributed by atoms with Crippen molar-refractivity contribution in [2.75, 3.05) is 31.6 Å². The van der Waals surface area contributed by atoms with Crippen molar-refractivity contribution in [3.05, 3.63) is 17.5 Å². The molecule has 0 radical (unpaired) electrons. The van der Waals surface area contributed by atoms with Crippen LogP contribution in [0, 0.1) is 0 Å². The van der Waals surface area contributed by atoms with Gasteiger partial charge in [-0.2, -0.15) is 9.97 Å². The molecule has 20 heavy (non-hydrogen) atoms. The number of piperidine rings is 1. The lowest BCUT2D eigenvalue weighted by molar-refractivity contribution is 0.216. The van der Waals surface area contributed by atoms with Crippen molar-refractivity contribution in [2.45, 2.75) is 25.8 Å². The molecule has 1 saturated heterocycles. The van der Waals surface area contributed by atoms with E-state index >= 15 is 0 Å². The number of likely N-dealkylation sites (tertiary alicyclic amines) is 1. The van der Waals surface area contributed by atoms with Gasteiger partial charge in [0.25, 0.3) is 0 Å². The number of nitrogens with zero attached hydrogens (tertiary/aromatic N) is 4. The van der Waals surface area contributed by atoms with Crippen LogP contribution in [0.2, 0.25) is 5.28 Å². The molecule has 0 spiro atoms. The molecule has 1 fully saturated rings. The van der Waals surface area contributed by atoms with E-state index in [1.54, 1.807) is 0 Å². The Kier molecular flexibility index (Phi) is 3.81. The van der Waals surface area contributed by atoms with Crippen LogP contribution in [0.15, 0.2) is 12.3 Å². The topological polar surface area (TPSA) is 48.1 Å². The van der Waals surface area contributed by atoms with Crippen LogP contribution in [-0.4, -0.2) is 52.6 Å². The number of H-pyrrole nitrogens is 1. The quantitative estimate of drug-likeness (QED) is 0.884. The molecule has 6 heteroatoms. The molecule has 3 rings (SSSR count). The third-order valence-electron chi connectivity index (χ3n) is 4.18. The van der Waals surface area contributed by atoms with Gasteiger partial charge in [0.1, 0.15) is 11.5 Å². The van der Waals surface area contributed by atoms with E-state index in [4.69, 9.17) is 11.6 Å². The number of aromatic amines is 1. The molecule has 1 aliphatic heterocycles. The predicted molar refractivity (Wildman–Crippen MR) is 82.4 cm³/mol. The monoisotopic (exact) mass is 293 g/mol. The number of hydrogen-bond acceptors (Lipinski definition) is 4. The summed E-state index contributed by atoms with van der Waals surface area (Å²) in [5.74, 6) is 0.921. The fourth-order valence-electron chi connectivity index (χ4n) is 2.97. The van der Waals surface area contributed by atoms with E-state index in [-0.39, 0.29) is 0 Å². The molecule has 0 aliphatic carbocycles. The Morgan fingerprint density at radius 3 is 3.15 bits per heavy atom. The fraction of sp³-hybridized carbons (Fsp3) is 0.571. The van der Waals surface area contributed by atoms with Gasteiger partial charge in [-0.1, -0.05) is 6.92 Å². The molecule has 0 aromatic carbocycles. The largest absolute Gasteiger partial charge is 0.355 e. The molecular formula is C14H20ClN5. The number of nitrogens with one attached hydrogen (secondary N) is 1. The summed E-state index contributed by atoms with van der Waals surface area (Å²) in [6.45, 7) is 5.61. The van der Waals surface area contributed by atoms with E-state index in [2.05, 4.69) is 38.7 Å². The summed E-state index contributed by atoms with van der Waals surface area (Å²) < 4.78 is 0. The summed E-state index contributed by atoms with van der Waals surface area (Å²) in [7, 11) is 2.11. The van der Waals surface area contributed by atoms with Gasteiger partial charge in [-0.3, -0.25) is 0 Å². The van der Waals surface area contributed by atoms with Crippen LogP contribution in [0.5, 0.6) is 0 Å². The highest BCUT2D eigenvalue weighted by Crippen LogP contribution is 2.27. The number of aromatic nitrogens is 3. The lowest BCUT2D eigenvalue weighted by atomic mass is 10.0. The molecule has 1 aliphatic rings. The first-order valence-electron chi connectivity index (χ1n) is 7.15. The van der Waals surface area contributed by atoms with Gasteiger partial charge in [0.05, 0.1) is 5.39 Å². The van der Waals surface area contributed by atoms with E-state index < -0.39 is 0 Å². The number of anilines is 1. The van der Waals surface area contributed by atoms with Crippen LogP contribution in [0.1, 0.15) is 19.8 Å². The Morgan fingerprint density at radius 2 is 2.35 bits per heavy atom. The van der Waals surface area contributed by atoms with Crippen molar-refractivity contribution in [3.8, 4) is 0 Å². The van der Waals surface area contributed by atoms with E-state index in [0.717, 1.165) is 29.9 Å². The third kappa shape index (κ3) is 2.47. The maximum absolute atomic E-state index is 6.04. The van der Waals surface area contributed by atoms with Gasteiger partial charge in [-0.05, 0) is 43.6 Å². The molecule has 2 aromatic heterocycles. The van der Waals surface area contributed by atoms with Crippen LogP contribution >= 0.6 is 11.6 Å². The molecule has 0 saturated carbocycles. The van der Waals surface area contributed by atoms with Crippen LogP contribution in [0.4, 0.5) is 5.82 Å². The second-order valence-corrected chi connectivity index (χ2v) is 5.69. The highest BCUT2D eigenvalue weighted by Gasteiger charge is 2.24. The fourth-order valence-corrected chi connectivity index (χ4v) is 3.14. The standard InChI is InChI=1S/C14H20ClN5/c1-3-20-8-4-5-10(9-20)19(2)13-11-6-7-16-12(11)17-14(15)18-13/h6-7,10H,3-5,8-9H2,1-2H3,(H,16,17,18)/t10-/m1/s1. The zero-order valence-electron chi connectivity index (χ0n) is 11.9. The zero-order valence-corrected chi connectivity index (χ0v) is 12.7. The highest BCUT2D eigenvalue weighted by molar-refractivity contribution is 6.28. The summed E-state index contributed by atoms with van der Waals surface area (Å²) in [5.41, 5.74) is 0.801. The molecule has 2 aromatic rings. The van der Waals surface area contributed by atoms with E-state index in [1.807, 2.05) is 12.3 Å². The van der Waals surface area contributed by atoms with Gasteiger partial charge in [-0.25, -0.2) is 0 Å². The van der Waals surface area contributed by atoms with Gasteiger partial charge < -0.3 is 14.8 Å². The van der Waals surface area contributed by atoms with Crippen molar-refractivity contribution in [1.29, 1.82) is 0 Å². The number of fused-ring (bicyclic) bond motifs is 1. The summed E-state index contributed by atoms with van der Waals surface area (Å²) in [6.07, 6.45) is 4.31. The highest BCUT2D eigenvalue weighted by atomic mass is 35.5. The minimum absolute atomic E-state index is 0.296. The number of rotatable bonds is 3. The van der Waals surface area contributed by atoms with Crippen molar-refractivity contribution >= 4 is 28.5 Å². The molecule has 0 bridgehead atoms. The van der Waals surface area contributed by atoms with Gasteiger partial charge in [-0.15, -0.1) is 0 Å². The van der Waals surface area contributed by atoms with Crippen LogP contribution in [0.25, 0.3) is 11.0 Å². The van der Waals surface area contributed by atoms with Crippen molar-refractivity contribution in [3.63, 3.8) is 0 Å². The normalized spacial score (nSPS) is 20.4. The molecular weight excluding hydrogens is 274 g/mol. The lowest BCUT2D eigenvalue weighted by Crippen LogP contribution is -2.46. The first kappa shape index (κ1) is 13.6. The second-order valence-electron chi connectivity index (χ2n) is 5.36. The number of halogens is 1. The van der Waals surface area contributed by atoms with Crippen LogP contribution in [-0.2, 0) is 0 Å². The van der Waals surface area contributed by atoms with Crippen molar-refractivity contribution in [2.24, 2.45) is 0 Å². The summed E-state index contributed by atoms with van der Waals surface area (Å²) in [4.78, 5) is 16.5. The molecule has 5 nitrogen and oxygen atoms in total. The van der Waals surface area contributed by atoms with Gasteiger partial charge in [0, 0.05) is 25.8 Å². The minimum atomic E-state index is 0.296. The predicted octanol–water partition coefficient (Wildman–Crippen LogP) is 2.53. The first-order valence-corrected chi connectivity index (χ1v) is 7.52. The van der Waals surface area contributed by atoms with Gasteiger partial charge >= 0.3 is 0 Å². The SMILES string of the molecule is CCN1CCC[C@@H](N(C)c2nc(Cl)nc3[nH]ccc23)C1. The Labute approximate surface area is 123 Å². The summed E-state index contributed by atoms with van der Waals surface area (Å²) in [6, 6.07) is 2.49. The summed E-state index contributed by atoms with van der Waals surface area (Å²) in [5, 5.41) is 1.33. The summed E-state index contributed by atoms with van der Waals surface area (Å²) >= 11 is 6.04. The number of hydrogen-bond donors (Lipinski definition) is 1. The Morgan fingerprint density at radius 1 is 1.50 bits per heavy atom. The Balaban J connectivity index is 1.91. The molecule has 1 atom stereocenters. The molecule has 0 unspecified atom stereocenters. The van der Waals surface area contributed by atoms with Gasteiger partial charge in [0.2, 0.25) is 5.28 Å². The Hall–Kier alpha value is -1.33. The average Bonchev–Trinajstić information content (AvgIpc) is 2.93. The minimum Gasteiger partial charge on any atom is -0.355 e. The maximum atomic E-state index is 6.04. The van der Waals surface area contributed by atoms with Gasteiger partial charge in [0.15, 0.2) is 0 Å². The van der Waals surface area contributed by atoms with E-state index in [0.29, 0.717) is 11.3 Å². The molecule has 3 heterocycles. The smallest absolute Gasteiger partial charge is 0.226 e. The van der Waals surface area contributed by atoms with E-state index in [1.165, 1.54) is 19.4 Å². The van der Waals surface area contributed by atoms with Crippen molar-refractivity contribution in [1.82, 2.24) is 19.9 Å². The lowest BCUT2D eigenvalue weighted by Gasteiger charge is -2.37. The third-order valence-corrected chi connectivity index (χ3v) is 4.35. The molecule has 0 amide bonds. The van der Waals surface area contributed by atoms with E-state index in [9.17, 15) is 0 Å². The van der Waals surface area contributed by atoms with Crippen molar-refractivity contribution < 1.29 is 0 Å². The Bertz CT molecular complexity index is 596. The number of likely N-dealkylation sites (N-methyl/N-ethyl adjacent to an activating group) is 2. The van der Waals surface area contributed by atoms with Crippen LogP contribution < -0.4 is 4.90 Å². The zero-order chi connectivity index (χ0) is 14.1. The second kappa shape index (κ2) is 5.58. The maximum Gasteiger partial charge on any atom is 0.226 e. The van der Waals surface area contributed by atoms with Crippen LogP contribution in [0.3, 0.4) is 0 Å². The molecule has 1 N–H and O–H groups in total. The first-order chi connectivity index (χ1) is 9.69. The average molecular weight is 294 g/mol.